The van der Waals surface area contributed by atoms with Gasteiger partial charge >= 0.3 is 0 Å². The lowest BCUT2D eigenvalue weighted by Crippen LogP contribution is -2.13. The lowest BCUT2D eigenvalue weighted by Gasteiger charge is -2.17. The summed E-state index contributed by atoms with van der Waals surface area (Å²) < 4.78 is 5.30. The Bertz CT molecular complexity index is 348. The first-order valence-electron chi connectivity index (χ1n) is 6.54. The molecule has 1 atom stereocenters. The highest BCUT2D eigenvalue weighted by Crippen LogP contribution is 2.32. The molecule has 1 aliphatic carbocycles. The van der Waals surface area contributed by atoms with Crippen molar-refractivity contribution in [1.29, 1.82) is 0 Å². The van der Waals surface area contributed by atoms with Crippen molar-refractivity contribution in [3.8, 4) is 5.75 Å². The summed E-state index contributed by atoms with van der Waals surface area (Å²) in [6.45, 7) is 0. The van der Waals surface area contributed by atoms with Crippen molar-refractivity contribution in [3.05, 3.63) is 24.0 Å². The summed E-state index contributed by atoms with van der Waals surface area (Å²) in [6.07, 6.45) is 11.4. The molecule has 0 bridgehead atoms. The van der Waals surface area contributed by atoms with Crippen LogP contribution in [0, 0.1) is 5.92 Å². The lowest BCUT2D eigenvalue weighted by molar-refractivity contribution is 0.395. The van der Waals surface area contributed by atoms with Crippen LogP contribution in [0.1, 0.15) is 50.1 Å². The van der Waals surface area contributed by atoms with E-state index in [1.54, 1.807) is 19.5 Å². The number of nitrogens with zero attached hydrogens (tertiary/aromatic N) is 1. The molecular formula is C14H22N2O. The van der Waals surface area contributed by atoms with Crippen molar-refractivity contribution in [2.45, 2.75) is 44.6 Å². The quantitative estimate of drug-likeness (QED) is 0.851. The van der Waals surface area contributed by atoms with Crippen LogP contribution in [0.15, 0.2) is 18.5 Å². The number of ether oxygens (including phenoxy) is 1. The third-order valence-electron chi connectivity index (χ3n) is 3.80. The maximum atomic E-state index is 6.24. The Morgan fingerprint density at radius 1 is 1.47 bits per heavy atom. The summed E-state index contributed by atoms with van der Waals surface area (Å²) in [4.78, 5) is 4.06. The molecule has 1 aromatic rings. The minimum atomic E-state index is 0.0774. The Morgan fingerprint density at radius 2 is 2.24 bits per heavy atom. The molecular weight excluding hydrogens is 212 g/mol. The molecule has 94 valence electrons. The van der Waals surface area contributed by atoms with Crippen LogP contribution in [0.2, 0.25) is 0 Å². The minimum absolute atomic E-state index is 0.0774. The fourth-order valence-electron chi connectivity index (χ4n) is 2.74. The molecule has 3 nitrogen and oxygen atoms in total. The van der Waals surface area contributed by atoms with Crippen LogP contribution >= 0.6 is 0 Å². The van der Waals surface area contributed by atoms with E-state index in [1.807, 2.05) is 6.07 Å². The molecule has 1 fully saturated rings. The van der Waals surface area contributed by atoms with E-state index in [-0.39, 0.29) is 6.04 Å². The molecule has 3 heteroatoms. The van der Waals surface area contributed by atoms with Crippen LogP contribution in [0.4, 0.5) is 0 Å². The van der Waals surface area contributed by atoms with Crippen LogP contribution in [0.25, 0.3) is 0 Å². The summed E-state index contributed by atoms with van der Waals surface area (Å²) in [5.74, 6) is 1.71. The van der Waals surface area contributed by atoms with Gasteiger partial charge in [0.15, 0.2) is 0 Å². The number of nitrogens with two attached hydrogens (primary N) is 1. The summed E-state index contributed by atoms with van der Waals surface area (Å²) >= 11 is 0. The predicted octanol–water partition coefficient (Wildman–Crippen LogP) is 3.06. The first kappa shape index (κ1) is 12.4. The molecule has 1 unspecified atom stereocenters. The van der Waals surface area contributed by atoms with Gasteiger partial charge in [-0.05, 0) is 24.8 Å². The summed E-state index contributed by atoms with van der Waals surface area (Å²) in [6, 6.07) is 2.05. The van der Waals surface area contributed by atoms with Gasteiger partial charge in [-0.15, -0.1) is 0 Å². The van der Waals surface area contributed by atoms with Gasteiger partial charge in [-0.3, -0.25) is 4.98 Å². The van der Waals surface area contributed by atoms with E-state index in [9.17, 15) is 0 Å². The zero-order valence-corrected chi connectivity index (χ0v) is 10.6. The first-order valence-corrected chi connectivity index (χ1v) is 6.54. The zero-order valence-electron chi connectivity index (χ0n) is 10.6. The summed E-state index contributed by atoms with van der Waals surface area (Å²) in [5.41, 5.74) is 7.33. The summed E-state index contributed by atoms with van der Waals surface area (Å²) in [5, 5.41) is 0. The standard InChI is InChI=1S/C14H22N2O/c1-17-14-10-16-9-8-12(14)13(15)7-6-11-4-2-3-5-11/h8-11,13H,2-7,15H2,1H3. The van der Waals surface area contributed by atoms with Crippen molar-refractivity contribution in [2.24, 2.45) is 11.7 Å². The molecule has 1 aromatic heterocycles. The first-order chi connectivity index (χ1) is 8.31. The SMILES string of the molecule is COc1cnccc1C(N)CCC1CCCC1. The molecule has 1 saturated carbocycles. The van der Waals surface area contributed by atoms with E-state index in [0.717, 1.165) is 23.7 Å². The number of methoxy groups -OCH3 is 1. The molecule has 1 heterocycles. The lowest BCUT2D eigenvalue weighted by atomic mass is 9.95. The third-order valence-corrected chi connectivity index (χ3v) is 3.80. The van der Waals surface area contributed by atoms with E-state index in [1.165, 1.54) is 32.1 Å². The van der Waals surface area contributed by atoms with Crippen LogP contribution < -0.4 is 10.5 Å². The Labute approximate surface area is 103 Å². The van der Waals surface area contributed by atoms with Crippen LogP contribution in [0.3, 0.4) is 0 Å². The number of pyridine rings is 1. The van der Waals surface area contributed by atoms with Gasteiger partial charge in [-0.1, -0.05) is 25.7 Å². The van der Waals surface area contributed by atoms with Gasteiger partial charge in [0.1, 0.15) is 5.75 Å². The maximum Gasteiger partial charge on any atom is 0.141 e. The van der Waals surface area contributed by atoms with Gasteiger partial charge in [0, 0.05) is 17.8 Å². The number of hydrogen-bond donors (Lipinski definition) is 1. The highest BCUT2D eigenvalue weighted by atomic mass is 16.5. The average molecular weight is 234 g/mol. The average Bonchev–Trinajstić information content (AvgIpc) is 2.89. The van der Waals surface area contributed by atoms with Gasteiger partial charge < -0.3 is 10.5 Å². The molecule has 2 rings (SSSR count). The molecule has 0 saturated heterocycles. The zero-order chi connectivity index (χ0) is 12.1. The van der Waals surface area contributed by atoms with Crippen molar-refractivity contribution < 1.29 is 4.74 Å². The smallest absolute Gasteiger partial charge is 0.141 e. The highest BCUT2D eigenvalue weighted by molar-refractivity contribution is 5.32. The number of aromatic nitrogens is 1. The van der Waals surface area contributed by atoms with Gasteiger partial charge in [0.05, 0.1) is 13.3 Å². The van der Waals surface area contributed by atoms with Gasteiger partial charge in [-0.2, -0.15) is 0 Å². The van der Waals surface area contributed by atoms with Crippen molar-refractivity contribution in [1.82, 2.24) is 4.98 Å². The molecule has 2 N–H and O–H groups in total. The second-order valence-corrected chi connectivity index (χ2v) is 4.95. The minimum Gasteiger partial charge on any atom is -0.495 e. The topological polar surface area (TPSA) is 48.1 Å². The van der Waals surface area contributed by atoms with Crippen molar-refractivity contribution in [2.75, 3.05) is 7.11 Å². The van der Waals surface area contributed by atoms with Crippen molar-refractivity contribution in [3.63, 3.8) is 0 Å². The Hall–Kier alpha value is -1.09. The molecule has 0 aliphatic heterocycles. The van der Waals surface area contributed by atoms with Crippen LogP contribution in [-0.2, 0) is 0 Å². The third kappa shape index (κ3) is 3.19. The Morgan fingerprint density at radius 3 is 2.94 bits per heavy atom. The molecule has 0 radical (unpaired) electrons. The Balaban J connectivity index is 1.91. The Kier molecular flexibility index (Phi) is 4.37. The second kappa shape index (κ2) is 6.01. The van der Waals surface area contributed by atoms with Crippen molar-refractivity contribution >= 4 is 0 Å². The van der Waals surface area contributed by atoms with Crippen LogP contribution in [0.5, 0.6) is 5.75 Å². The van der Waals surface area contributed by atoms with E-state index < -0.39 is 0 Å². The molecule has 17 heavy (non-hydrogen) atoms. The molecule has 0 amide bonds. The number of rotatable bonds is 5. The van der Waals surface area contributed by atoms with E-state index in [0.29, 0.717) is 0 Å². The normalized spacial score (nSPS) is 18.2. The van der Waals surface area contributed by atoms with Gasteiger partial charge in [0.25, 0.3) is 0 Å². The molecule has 0 spiro atoms. The molecule has 0 aromatic carbocycles. The van der Waals surface area contributed by atoms with E-state index in [2.05, 4.69) is 4.98 Å². The van der Waals surface area contributed by atoms with E-state index in [4.69, 9.17) is 10.5 Å². The number of hydrogen-bond acceptors (Lipinski definition) is 3. The monoisotopic (exact) mass is 234 g/mol. The summed E-state index contributed by atoms with van der Waals surface area (Å²) in [7, 11) is 1.67. The largest absolute Gasteiger partial charge is 0.495 e. The molecule has 1 aliphatic rings. The fraction of sp³-hybridized carbons (Fsp3) is 0.643. The fourth-order valence-corrected chi connectivity index (χ4v) is 2.74. The highest BCUT2D eigenvalue weighted by Gasteiger charge is 2.18. The van der Waals surface area contributed by atoms with Gasteiger partial charge in [0.2, 0.25) is 0 Å². The maximum absolute atomic E-state index is 6.24. The second-order valence-electron chi connectivity index (χ2n) is 4.95. The van der Waals surface area contributed by atoms with E-state index >= 15 is 0 Å². The van der Waals surface area contributed by atoms with Gasteiger partial charge in [-0.25, -0.2) is 0 Å². The van der Waals surface area contributed by atoms with Crippen LogP contribution in [-0.4, -0.2) is 12.1 Å². The predicted molar refractivity (Wildman–Crippen MR) is 68.9 cm³/mol.